The van der Waals surface area contributed by atoms with Crippen molar-refractivity contribution in [2.45, 2.75) is 24.7 Å². The molecule has 3 heteroatoms. The Balaban J connectivity index is 1.63. The number of H-pyrrole nitrogens is 1. The molecule has 1 aliphatic heterocycles. The Morgan fingerprint density at radius 3 is 3.00 bits per heavy atom. The van der Waals surface area contributed by atoms with E-state index in [2.05, 4.69) is 65.0 Å². The first-order valence-electron chi connectivity index (χ1n) is 10.3. The molecule has 1 fully saturated rings. The summed E-state index contributed by atoms with van der Waals surface area (Å²) in [6, 6.07) is 17.5. The van der Waals surface area contributed by atoms with Crippen molar-refractivity contribution >= 4 is 10.9 Å². The van der Waals surface area contributed by atoms with Crippen LogP contribution < -0.4 is 4.74 Å². The maximum atomic E-state index is 5.57. The van der Waals surface area contributed by atoms with Crippen molar-refractivity contribution in [3.63, 3.8) is 0 Å². The molecule has 1 aliphatic carbocycles. The zero-order valence-corrected chi connectivity index (χ0v) is 16.6. The van der Waals surface area contributed by atoms with E-state index in [1.165, 1.54) is 34.1 Å². The molecule has 1 aromatic heterocycles. The first-order chi connectivity index (χ1) is 13.7. The predicted molar refractivity (Wildman–Crippen MR) is 115 cm³/mol. The van der Waals surface area contributed by atoms with Crippen LogP contribution in [0.4, 0.5) is 0 Å². The number of benzene rings is 2. The number of nitrogens with one attached hydrogen (secondary N) is 1. The molecule has 2 atom stereocenters. The molecule has 1 saturated heterocycles. The van der Waals surface area contributed by atoms with E-state index in [0.29, 0.717) is 5.92 Å². The summed E-state index contributed by atoms with van der Waals surface area (Å²) in [4.78, 5) is 6.31. The highest BCUT2D eigenvalue weighted by molar-refractivity contribution is 5.85. The van der Waals surface area contributed by atoms with Crippen LogP contribution in [0.3, 0.4) is 0 Å². The molecule has 0 radical (unpaired) electrons. The summed E-state index contributed by atoms with van der Waals surface area (Å²) >= 11 is 0. The van der Waals surface area contributed by atoms with E-state index in [1.807, 2.05) is 6.08 Å². The summed E-state index contributed by atoms with van der Waals surface area (Å²) in [6.45, 7) is 7.19. The van der Waals surface area contributed by atoms with Crippen molar-refractivity contribution in [3.05, 3.63) is 78.0 Å². The van der Waals surface area contributed by atoms with Gasteiger partial charge in [0.05, 0.1) is 7.11 Å². The maximum Gasteiger partial charge on any atom is 0.119 e. The highest BCUT2D eigenvalue weighted by atomic mass is 16.5. The fourth-order valence-corrected chi connectivity index (χ4v) is 5.60. The number of likely N-dealkylation sites (tertiary alicyclic amines) is 1. The number of hydrogen-bond acceptors (Lipinski definition) is 2. The lowest BCUT2D eigenvalue weighted by molar-refractivity contribution is 0.0896. The Bertz CT molecular complexity index is 1020. The van der Waals surface area contributed by atoms with E-state index in [1.54, 1.807) is 7.11 Å². The van der Waals surface area contributed by atoms with Gasteiger partial charge in [-0.15, -0.1) is 6.58 Å². The predicted octanol–water partition coefficient (Wildman–Crippen LogP) is 4.72. The number of aromatic amines is 1. The molecule has 2 heterocycles. The van der Waals surface area contributed by atoms with Gasteiger partial charge in [-0.1, -0.05) is 36.4 Å². The van der Waals surface area contributed by atoms with Crippen LogP contribution in [0.25, 0.3) is 10.9 Å². The van der Waals surface area contributed by atoms with E-state index < -0.39 is 0 Å². The van der Waals surface area contributed by atoms with Gasteiger partial charge in [-0.2, -0.15) is 0 Å². The number of rotatable bonds is 4. The van der Waals surface area contributed by atoms with Crippen LogP contribution in [-0.4, -0.2) is 36.6 Å². The third-order valence-corrected chi connectivity index (χ3v) is 7.01. The van der Waals surface area contributed by atoms with Crippen LogP contribution in [0.2, 0.25) is 0 Å². The largest absolute Gasteiger partial charge is 0.497 e. The van der Waals surface area contributed by atoms with E-state index >= 15 is 0 Å². The molecule has 3 nitrogen and oxygen atoms in total. The van der Waals surface area contributed by atoms with Crippen molar-refractivity contribution in [2.75, 3.05) is 26.7 Å². The standard InChI is InChI=1S/C25H28N2O/c1-3-12-27-13-11-25(18-7-6-8-20(14-18)28-2)16-24-22(15-19(25)17-27)21-9-4-5-10-23(21)26-24/h3-10,14,19,26H,1,11-13,15-17H2,2H3/t19-,25?/m0/s1. The lowest BCUT2D eigenvalue weighted by atomic mass is 9.58. The quantitative estimate of drug-likeness (QED) is 0.671. The van der Waals surface area contributed by atoms with Gasteiger partial charge in [0.25, 0.3) is 0 Å². The van der Waals surface area contributed by atoms with Crippen LogP contribution >= 0.6 is 0 Å². The Kier molecular flexibility index (Phi) is 4.28. The van der Waals surface area contributed by atoms with Gasteiger partial charge in [0.2, 0.25) is 0 Å². The van der Waals surface area contributed by atoms with Crippen molar-refractivity contribution in [2.24, 2.45) is 5.92 Å². The zero-order chi connectivity index (χ0) is 19.1. The first-order valence-corrected chi connectivity index (χ1v) is 10.3. The summed E-state index contributed by atoms with van der Waals surface area (Å²) in [5.41, 5.74) is 5.83. The SMILES string of the molecule is C=CCN1CCC2(c3cccc(OC)c3)Cc3[nH]c4ccccc4c3C[C@H]2C1. The zero-order valence-electron chi connectivity index (χ0n) is 16.6. The van der Waals surface area contributed by atoms with Crippen LogP contribution in [0.1, 0.15) is 23.2 Å². The summed E-state index contributed by atoms with van der Waals surface area (Å²) in [7, 11) is 1.76. The van der Waals surface area contributed by atoms with E-state index in [9.17, 15) is 0 Å². The molecule has 2 aromatic carbocycles. The fraction of sp³-hybridized carbons (Fsp3) is 0.360. The number of fused-ring (bicyclic) bond motifs is 4. The van der Waals surface area contributed by atoms with Crippen molar-refractivity contribution < 1.29 is 4.74 Å². The number of nitrogens with zero attached hydrogens (tertiary/aromatic N) is 1. The normalized spacial score (nSPS) is 24.5. The van der Waals surface area contributed by atoms with E-state index in [0.717, 1.165) is 38.2 Å². The number of para-hydroxylation sites is 1. The second-order valence-electron chi connectivity index (χ2n) is 8.39. The highest BCUT2D eigenvalue weighted by Crippen LogP contribution is 2.49. The van der Waals surface area contributed by atoms with Crippen LogP contribution in [0.15, 0.2) is 61.2 Å². The van der Waals surface area contributed by atoms with Gasteiger partial charge in [-0.25, -0.2) is 0 Å². The number of aromatic nitrogens is 1. The van der Waals surface area contributed by atoms with Gasteiger partial charge in [0.15, 0.2) is 0 Å². The molecule has 0 saturated carbocycles. The topological polar surface area (TPSA) is 28.3 Å². The van der Waals surface area contributed by atoms with Crippen LogP contribution in [-0.2, 0) is 18.3 Å². The second kappa shape index (κ2) is 6.82. The lowest BCUT2D eigenvalue weighted by Crippen LogP contribution is -2.53. The minimum Gasteiger partial charge on any atom is -0.497 e. The third-order valence-electron chi connectivity index (χ3n) is 7.01. The summed E-state index contributed by atoms with van der Waals surface area (Å²) in [5.74, 6) is 1.56. The molecule has 0 spiro atoms. The lowest BCUT2D eigenvalue weighted by Gasteiger charge is -2.51. The van der Waals surface area contributed by atoms with Gasteiger partial charge < -0.3 is 9.72 Å². The Morgan fingerprint density at radius 1 is 1.25 bits per heavy atom. The second-order valence-corrected chi connectivity index (χ2v) is 8.39. The van der Waals surface area contributed by atoms with Gasteiger partial charge in [0, 0.05) is 35.1 Å². The Labute approximate surface area is 167 Å². The molecule has 28 heavy (non-hydrogen) atoms. The number of hydrogen-bond donors (Lipinski definition) is 1. The molecule has 5 rings (SSSR count). The first kappa shape index (κ1) is 17.6. The molecular weight excluding hydrogens is 344 g/mol. The van der Waals surface area contributed by atoms with Gasteiger partial charge in [-0.3, -0.25) is 4.90 Å². The van der Waals surface area contributed by atoms with Crippen molar-refractivity contribution in [1.29, 1.82) is 0 Å². The van der Waals surface area contributed by atoms with Gasteiger partial charge in [-0.05, 0) is 61.1 Å². The minimum atomic E-state index is 0.167. The Hall–Kier alpha value is -2.52. The molecule has 1 N–H and O–H groups in total. The average molecular weight is 373 g/mol. The summed E-state index contributed by atoms with van der Waals surface area (Å²) in [6.07, 6.45) is 5.42. The van der Waals surface area contributed by atoms with E-state index in [-0.39, 0.29) is 5.41 Å². The maximum absolute atomic E-state index is 5.57. The molecule has 0 bridgehead atoms. The summed E-state index contributed by atoms with van der Waals surface area (Å²) < 4.78 is 5.57. The van der Waals surface area contributed by atoms with Gasteiger partial charge >= 0.3 is 0 Å². The smallest absolute Gasteiger partial charge is 0.119 e. The number of piperidine rings is 1. The monoisotopic (exact) mass is 372 g/mol. The molecule has 144 valence electrons. The number of methoxy groups -OCH3 is 1. The Morgan fingerprint density at radius 2 is 2.14 bits per heavy atom. The summed E-state index contributed by atoms with van der Waals surface area (Å²) in [5, 5.41) is 1.40. The molecule has 0 amide bonds. The molecule has 2 aliphatic rings. The average Bonchev–Trinajstić information content (AvgIpc) is 3.09. The van der Waals surface area contributed by atoms with Gasteiger partial charge in [0.1, 0.15) is 5.75 Å². The van der Waals surface area contributed by atoms with Crippen LogP contribution in [0.5, 0.6) is 5.75 Å². The third kappa shape index (κ3) is 2.68. The number of ether oxygens (including phenoxy) is 1. The molecular formula is C25H28N2O. The highest BCUT2D eigenvalue weighted by Gasteiger charge is 2.47. The minimum absolute atomic E-state index is 0.167. The van der Waals surface area contributed by atoms with Crippen molar-refractivity contribution in [3.8, 4) is 5.75 Å². The van der Waals surface area contributed by atoms with E-state index in [4.69, 9.17) is 4.74 Å². The molecule has 1 unspecified atom stereocenters. The fourth-order valence-electron chi connectivity index (χ4n) is 5.60. The molecule has 3 aromatic rings. The van der Waals surface area contributed by atoms with Crippen LogP contribution in [0, 0.1) is 5.92 Å². The van der Waals surface area contributed by atoms with Crippen molar-refractivity contribution in [1.82, 2.24) is 9.88 Å².